The maximum atomic E-state index is 13.8. The molecule has 1 atom stereocenters. The number of benzene rings is 2. The number of para-hydroxylation sites is 1. The lowest BCUT2D eigenvalue weighted by Crippen LogP contribution is -2.19. The quantitative estimate of drug-likeness (QED) is 0.806. The minimum Gasteiger partial charge on any atom is -0.493 e. The van der Waals surface area contributed by atoms with Crippen LogP contribution in [0.15, 0.2) is 42.5 Å². The molecular weight excluding hydrogens is 271 g/mol. The molecule has 3 nitrogen and oxygen atoms in total. The van der Waals surface area contributed by atoms with E-state index >= 15 is 0 Å². The van der Waals surface area contributed by atoms with Gasteiger partial charge in [-0.3, -0.25) is 4.79 Å². The number of ether oxygens (including phenoxy) is 2. The van der Waals surface area contributed by atoms with E-state index in [1.54, 1.807) is 6.07 Å². The Labute approximate surface area is 122 Å². The molecule has 1 aliphatic rings. The van der Waals surface area contributed by atoms with E-state index in [2.05, 4.69) is 0 Å². The zero-order valence-corrected chi connectivity index (χ0v) is 11.4. The van der Waals surface area contributed by atoms with Gasteiger partial charge in [0.25, 0.3) is 0 Å². The molecule has 2 aromatic rings. The third-order valence-corrected chi connectivity index (χ3v) is 3.61. The molecule has 3 rings (SSSR count). The molecule has 21 heavy (non-hydrogen) atoms. The molecule has 0 aliphatic carbocycles. The van der Waals surface area contributed by atoms with Crippen LogP contribution in [0.1, 0.15) is 28.3 Å². The van der Waals surface area contributed by atoms with Crippen LogP contribution in [0.2, 0.25) is 0 Å². The predicted molar refractivity (Wildman–Crippen MR) is 76.6 cm³/mol. The molecule has 0 radical (unpaired) electrons. The molecule has 1 unspecified atom stereocenters. The van der Waals surface area contributed by atoms with Gasteiger partial charge in [0.2, 0.25) is 0 Å². The van der Waals surface area contributed by atoms with Crippen molar-refractivity contribution in [2.24, 2.45) is 0 Å². The van der Waals surface area contributed by atoms with Crippen molar-refractivity contribution in [2.45, 2.75) is 12.3 Å². The van der Waals surface area contributed by atoms with Crippen LogP contribution in [0, 0.1) is 5.82 Å². The minimum atomic E-state index is -0.514. The largest absolute Gasteiger partial charge is 0.493 e. The summed E-state index contributed by atoms with van der Waals surface area (Å²) in [6.45, 7) is 1.02. The first-order valence-corrected chi connectivity index (χ1v) is 6.87. The molecule has 1 heterocycles. The number of rotatable bonds is 4. The molecule has 4 heteroatoms. The Hall–Kier alpha value is -2.36. The highest BCUT2D eigenvalue weighted by molar-refractivity contribution is 5.74. The van der Waals surface area contributed by atoms with Crippen molar-refractivity contribution >= 4 is 6.29 Å². The van der Waals surface area contributed by atoms with Crippen LogP contribution in [-0.4, -0.2) is 19.5 Å². The molecule has 0 fully saturated rings. The van der Waals surface area contributed by atoms with Crippen LogP contribution in [0.5, 0.6) is 11.5 Å². The van der Waals surface area contributed by atoms with Crippen LogP contribution in [0.3, 0.4) is 0 Å². The van der Waals surface area contributed by atoms with E-state index in [1.165, 1.54) is 12.1 Å². The van der Waals surface area contributed by atoms with Crippen molar-refractivity contribution in [3.63, 3.8) is 0 Å². The second kappa shape index (κ2) is 5.95. The van der Waals surface area contributed by atoms with Gasteiger partial charge in [-0.2, -0.15) is 0 Å². The van der Waals surface area contributed by atoms with Crippen LogP contribution in [-0.2, 0) is 0 Å². The number of hydrogen-bond acceptors (Lipinski definition) is 3. The maximum absolute atomic E-state index is 13.8. The summed E-state index contributed by atoms with van der Waals surface area (Å²) in [5.74, 6) is 0.707. The highest BCUT2D eigenvalue weighted by Gasteiger charge is 2.22. The monoisotopic (exact) mass is 286 g/mol. The van der Waals surface area contributed by atoms with Crippen molar-refractivity contribution in [2.75, 3.05) is 13.2 Å². The number of hydrogen-bond donors (Lipinski definition) is 0. The summed E-state index contributed by atoms with van der Waals surface area (Å²) >= 11 is 0. The van der Waals surface area contributed by atoms with Crippen molar-refractivity contribution in [1.29, 1.82) is 0 Å². The minimum absolute atomic E-state index is 0.171. The number of fused-ring (bicyclic) bond motifs is 1. The average Bonchev–Trinajstić information content (AvgIpc) is 2.53. The van der Waals surface area contributed by atoms with Crippen molar-refractivity contribution < 1.29 is 18.7 Å². The normalized spacial score (nSPS) is 16.7. The summed E-state index contributed by atoms with van der Waals surface area (Å²) in [6.07, 6.45) is 1.45. The van der Waals surface area contributed by atoms with E-state index in [0.717, 1.165) is 17.7 Å². The highest BCUT2D eigenvalue weighted by Crippen LogP contribution is 2.33. The Kier molecular flexibility index (Phi) is 3.86. The molecule has 0 amide bonds. The van der Waals surface area contributed by atoms with Gasteiger partial charge in [0, 0.05) is 17.0 Å². The van der Waals surface area contributed by atoms with Crippen LogP contribution < -0.4 is 9.47 Å². The lowest BCUT2D eigenvalue weighted by molar-refractivity contribution is 0.112. The van der Waals surface area contributed by atoms with Gasteiger partial charge in [0.15, 0.2) is 11.6 Å². The Morgan fingerprint density at radius 3 is 2.95 bits per heavy atom. The zero-order valence-electron chi connectivity index (χ0n) is 11.4. The van der Waals surface area contributed by atoms with E-state index in [0.29, 0.717) is 25.1 Å². The van der Waals surface area contributed by atoms with Gasteiger partial charge < -0.3 is 9.47 Å². The first-order valence-electron chi connectivity index (χ1n) is 6.87. The topological polar surface area (TPSA) is 35.5 Å². The Balaban J connectivity index is 1.73. The molecule has 0 saturated carbocycles. The molecule has 1 aliphatic heterocycles. The number of halogens is 1. The fourth-order valence-electron chi connectivity index (χ4n) is 2.49. The van der Waals surface area contributed by atoms with E-state index in [4.69, 9.17) is 9.47 Å². The lowest BCUT2D eigenvalue weighted by Gasteiger charge is -2.25. The third kappa shape index (κ3) is 2.89. The Bertz CT molecular complexity index is 654. The summed E-state index contributed by atoms with van der Waals surface area (Å²) in [5, 5.41) is 0. The molecule has 0 aromatic heterocycles. The van der Waals surface area contributed by atoms with E-state index < -0.39 is 5.82 Å². The van der Waals surface area contributed by atoms with Crippen molar-refractivity contribution in [1.82, 2.24) is 0 Å². The summed E-state index contributed by atoms with van der Waals surface area (Å²) in [6, 6.07) is 12.0. The van der Waals surface area contributed by atoms with Gasteiger partial charge in [-0.1, -0.05) is 18.2 Å². The van der Waals surface area contributed by atoms with Crippen LogP contribution >= 0.6 is 0 Å². The van der Waals surface area contributed by atoms with Crippen molar-refractivity contribution in [3.05, 3.63) is 59.4 Å². The number of aldehydes is 1. The molecule has 0 saturated heterocycles. The molecule has 108 valence electrons. The van der Waals surface area contributed by atoms with Gasteiger partial charge in [0.1, 0.15) is 12.0 Å². The fraction of sp³-hybridized carbons (Fsp3) is 0.235. The Morgan fingerprint density at radius 1 is 1.29 bits per heavy atom. The van der Waals surface area contributed by atoms with Crippen molar-refractivity contribution in [3.8, 4) is 11.5 Å². The first-order chi connectivity index (χ1) is 10.3. The van der Waals surface area contributed by atoms with E-state index in [-0.39, 0.29) is 11.7 Å². The third-order valence-electron chi connectivity index (χ3n) is 3.61. The standard InChI is InChI=1S/C17H15FO3/c18-15-9-12(10-19)5-6-17(15)21-11-13-7-8-20-16-4-2-1-3-14(13)16/h1-6,9-10,13H,7-8,11H2. The van der Waals surface area contributed by atoms with Crippen LogP contribution in [0.4, 0.5) is 4.39 Å². The Morgan fingerprint density at radius 2 is 2.14 bits per heavy atom. The fourth-order valence-corrected chi connectivity index (χ4v) is 2.49. The van der Waals surface area contributed by atoms with Gasteiger partial charge in [-0.15, -0.1) is 0 Å². The average molecular weight is 286 g/mol. The molecule has 0 spiro atoms. The van der Waals surface area contributed by atoms with Gasteiger partial charge in [-0.05, 0) is 30.7 Å². The van der Waals surface area contributed by atoms with Gasteiger partial charge in [0.05, 0.1) is 13.2 Å². The molecule has 0 N–H and O–H groups in total. The second-order valence-corrected chi connectivity index (χ2v) is 4.99. The summed E-state index contributed by atoms with van der Waals surface area (Å²) < 4.78 is 25.0. The number of carbonyl (C=O) groups excluding carboxylic acids is 1. The first kappa shape index (κ1) is 13.6. The van der Waals surface area contributed by atoms with E-state index in [9.17, 15) is 9.18 Å². The molecule has 2 aromatic carbocycles. The summed E-state index contributed by atoms with van der Waals surface area (Å²) in [4.78, 5) is 10.6. The predicted octanol–water partition coefficient (Wildman–Crippen LogP) is 3.58. The van der Waals surface area contributed by atoms with Gasteiger partial charge in [-0.25, -0.2) is 4.39 Å². The summed E-state index contributed by atoms with van der Waals surface area (Å²) in [7, 11) is 0. The van der Waals surface area contributed by atoms with Gasteiger partial charge >= 0.3 is 0 Å². The number of carbonyl (C=O) groups is 1. The SMILES string of the molecule is O=Cc1ccc(OCC2CCOc3ccccc32)c(F)c1. The second-order valence-electron chi connectivity index (χ2n) is 4.99. The summed E-state index contributed by atoms with van der Waals surface area (Å²) in [5.41, 5.74) is 1.39. The lowest BCUT2D eigenvalue weighted by atomic mass is 9.94. The van der Waals surface area contributed by atoms with E-state index in [1.807, 2.05) is 24.3 Å². The highest BCUT2D eigenvalue weighted by atomic mass is 19.1. The molecule has 0 bridgehead atoms. The maximum Gasteiger partial charge on any atom is 0.165 e. The van der Waals surface area contributed by atoms with Crippen LogP contribution in [0.25, 0.3) is 0 Å². The molecular formula is C17H15FO3. The smallest absolute Gasteiger partial charge is 0.165 e. The zero-order chi connectivity index (χ0) is 14.7.